The third-order valence-corrected chi connectivity index (χ3v) is 4.20. The third-order valence-electron chi connectivity index (χ3n) is 3.37. The average molecular weight is 343 g/mol. The van der Waals surface area contributed by atoms with Gasteiger partial charge in [-0.05, 0) is 31.2 Å². The second-order valence-electron chi connectivity index (χ2n) is 4.99. The van der Waals surface area contributed by atoms with E-state index in [0.29, 0.717) is 40.0 Å². The summed E-state index contributed by atoms with van der Waals surface area (Å²) in [4.78, 5) is 16.7. The Hall–Kier alpha value is -2.80. The molecule has 0 radical (unpaired) electrons. The van der Waals surface area contributed by atoms with Crippen LogP contribution in [0.1, 0.15) is 17.3 Å². The Morgan fingerprint density at radius 1 is 1.33 bits per heavy atom. The first kappa shape index (κ1) is 16.1. The van der Waals surface area contributed by atoms with E-state index in [4.69, 9.17) is 15.2 Å². The molecule has 124 valence electrons. The van der Waals surface area contributed by atoms with Gasteiger partial charge < -0.3 is 20.5 Å². The van der Waals surface area contributed by atoms with Gasteiger partial charge in [0.25, 0.3) is 5.91 Å². The fourth-order valence-corrected chi connectivity index (χ4v) is 3.11. The Bertz CT molecular complexity index is 892. The van der Waals surface area contributed by atoms with E-state index in [2.05, 4.69) is 10.3 Å². The first-order valence-corrected chi connectivity index (χ1v) is 8.20. The highest BCUT2D eigenvalue weighted by molar-refractivity contribution is 7.22. The molecule has 1 aromatic heterocycles. The van der Waals surface area contributed by atoms with Crippen LogP contribution in [0.2, 0.25) is 0 Å². The molecule has 0 bridgehead atoms. The van der Waals surface area contributed by atoms with E-state index in [0.717, 1.165) is 4.70 Å². The van der Waals surface area contributed by atoms with Crippen molar-refractivity contribution in [2.24, 2.45) is 0 Å². The number of anilines is 2. The molecule has 3 aromatic rings. The lowest BCUT2D eigenvalue weighted by Gasteiger charge is -2.09. The van der Waals surface area contributed by atoms with E-state index >= 15 is 0 Å². The number of amides is 1. The lowest BCUT2D eigenvalue weighted by Crippen LogP contribution is -2.12. The van der Waals surface area contributed by atoms with E-state index in [1.807, 2.05) is 13.0 Å². The summed E-state index contributed by atoms with van der Waals surface area (Å²) in [6.45, 7) is 2.39. The van der Waals surface area contributed by atoms with E-state index in [1.165, 1.54) is 11.3 Å². The van der Waals surface area contributed by atoms with Crippen molar-refractivity contribution in [3.8, 4) is 11.5 Å². The number of hydrogen-bond acceptors (Lipinski definition) is 6. The molecule has 7 heteroatoms. The lowest BCUT2D eigenvalue weighted by atomic mass is 10.2. The topological polar surface area (TPSA) is 86.5 Å². The summed E-state index contributed by atoms with van der Waals surface area (Å²) in [7, 11) is 1.56. The van der Waals surface area contributed by atoms with Crippen LogP contribution in [0.25, 0.3) is 10.2 Å². The second kappa shape index (κ2) is 6.76. The van der Waals surface area contributed by atoms with Gasteiger partial charge in [0.2, 0.25) is 0 Å². The van der Waals surface area contributed by atoms with Gasteiger partial charge in [-0.15, -0.1) is 0 Å². The van der Waals surface area contributed by atoms with Gasteiger partial charge in [-0.1, -0.05) is 17.4 Å². The Balaban J connectivity index is 1.92. The maximum atomic E-state index is 12.4. The van der Waals surface area contributed by atoms with Crippen LogP contribution in [0, 0.1) is 0 Å². The van der Waals surface area contributed by atoms with Crippen LogP contribution in [0.5, 0.6) is 11.5 Å². The fourth-order valence-electron chi connectivity index (χ4n) is 2.32. The summed E-state index contributed by atoms with van der Waals surface area (Å²) in [6, 6.07) is 10.6. The number of nitrogens with two attached hydrogens (primary N) is 1. The number of ether oxygens (including phenoxy) is 2. The minimum absolute atomic E-state index is 0.229. The maximum Gasteiger partial charge on any atom is 0.255 e. The molecule has 0 aliphatic rings. The molecule has 6 nitrogen and oxygen atoms in total. The number of carbonyl (C=O) groups excluding carboxylic acids is 1. The molecule has 0 aliphatic carbocycles. The summed E-state index contributed by atoms with van der Waals surface area (Å²) in [5.74, 6) is 1.00. The standard InChI is InChI=1S/C17H17N3O3S/c1-3-23-13-8-11(9-14-15(13)20-17(18)24-14)19-16(21)10-5-4-6-12(7-10)22-2/h4-9H,3H2,1-2H3,(H2,18,20)(H,19,21). The monoisotopic (exact) mass is 343 g/mol. The summed E-state index contributed by atoms with van der Waals surface area (Å²) in [5.41, 5.74) is 7.63. The van der Waals surface area contributed by atoms with Crippen LogP contribution >= 0.6 is 11.3 Å². The van der Waals surface area contributed by atoms with Gasteiger partial charge >= 0.3 is 0 Å². The Morgan fingerprint density at radius 2 is 2.17 bits per heavy atom. The van der Waals surface area contributed by atoms with Gasteiger partial charge in [0, 0.05) is 17.3 Å². The number of nitrogens with one attached hydrogen (secondary N) is 1. The van der Waals surface area contributed by atoms with Gasteiger partial charge in [0.05, 0.1) is 18.4 Å². The fraction of sp³-hybridized carbons (Fsp3) is 0.176. The SMILES string of the molecule is CCOc1cc(NC(=O)c2cccc(OC)c2)cc2sc(N)nc12. The van der Waals surface area contributed by atoms with Crippen molar-refractivity contribution in [1.82, 2.24) is 4.98 Å². The van der Waals surface area contributed by atoms with Crippen LogP contribution in [0.15, 0.2) is 36.4 Å². The van der Waals surface area contributed by atoms with Crippen molar-refractivity contribution >= 4 is 38.3 Å². The Morgan fingerprint density at radius 3 is 2.92 bits per heavy atom. The number of aromatic nitrogens is 1. The van der Waals surface area contributed by atoms with Crippen molar-refractivity contribution in [2.45, 2.75) is 6.92 Å². The zero-order chi connectivity index (χ0) is 17.1. The number of benzene rings is 2. The summed E-state index contributed by atoms with van der Waals surface area (Å²) in [6.07, 6.45) is 0. The van der Waals surface area contributed by atoms with Crippen molar-refractivity contribution in [1.29, 1.82) is 0 Å². The number of methoxy groups -OCH3 is 1. The van der Waals surface area contributed by atoms with Gasteiger partial charge in [-0.2, -0.15) is 0 Å². The molecule has 0 unspecified atom stereocenters. The van der Waals surface area contributed by atoms with Crippen LogP contribution in [-0.4, -0.2) is 24.6 Å². The van der Waals surface area contributed by atoms with Gasteiger partial charge in [0.1, 0.15) is 17.0 Å². The van der Waals surface area contributed by atoms with Gasteiger partial charge in [0.15, 0.2) is 5.13 Å². The number of hydrogen-bond donors (Lipinski definition) is 2. The van der Waals surface area contributed by atoms with Crippen molar-refractivity contribution in [3.05, 3.63) is 42.0 Å². The molecule has 0 saturated heterocycles. The van der Waals surface area contributed by atoms with Crippen LogP contribution in [0.3, 0.4) is 0 Å². The molecule has 2 aromatic carbocycles. The zero-order valence-electron chi connectivity index (χ0n) is 13.3. The first-order valence-electron chi connectivity index (χ1n) is 7.39. The maximum absolute atomic E-state index is 12.4. The third kappa shape index (κ3) is 3.26. The molecular weight excluding hydrogens is 326 g/mol. The largest absolute Gasteiger partial charge is 0.497 e. The molecule has 0 aliphatic heterocycles. The van der Waals surface area contributed by atoms with Crippen molar-refractivity contribution < 1.29 is 14.3 Å². The molecule has 1 heterocycles. The molecule has 0 spiro atoms. The first-order chi connectivity index (χ1) is 11.6. The summed E-state index contributed by atoms with van der Waals surface area (Å²) < 4.78 is 11.6. The smallest absolute Gasteiger partial charge is 0.255 e. The van der Waals surface area contributed by atoms with Crippen molar-refractivity contribution in [3.63, 3.8) is 0 Å². The normalized spacial score (nSPS) is 10.6. The van der Waals surface area contributed by atoms with Crippen LogP contribution in [-0.2, 0) is 0 Å². The van der Waals surface area contributed by atoms with E-state index in [9.17, 15) is 4.79 Å². The average Bonchev–Trinajstić information content (AvgIpc) is 2.95. The highest BCUT2D eigenvalue weighted by Gasteiger charge is 2.13. The molecule has 24 heavy (non-hydrogen) atoms. The number of nitrogens with zero attached hydrogens (tertiary/aromatic N) is 1. The number of carbonyl (C=O) groups is 1. The van der Waals surface area contributed by atoms with Crippen LogP contribution in [0.4, 0.5) is 10.8 Å². The van der Waals surface area contributed by atoms with Crippen LogP contribution < -0.4 is 20.5 Å². The number of fused-ring (bicyclic) bond motifs is 1. The summed E-state index contributed by atoms with van der Waals surface area (Å²) >= 11 is 1.35. The number of rotatable bonds is 5. The predicted octanol–water partition coefficient (Wildman–Crippen LogP) is 3.54. The molecule has 0 saturated carbocycles. The molecule has 0 fully saturated rings. The molecule has 3 N–H and O–H groups in total. The second-order valence-corrected chi connectivity index (χ2v) is 6.05. The highest BCUT2D eigenvalue weighted by Crippen LogP contribution is 2.34. The molecular formula is C17H17N3O3S. The molecule has 0 atom stereocenters. The highest BCUT2D eigenvalue weighted by atomic mass is 32.1. The van der Waals surface area contributed by atoms with E-state index in [1.54, 1.807) is 37.4 Å². The molecule has 3 rings (SSSR count). The van der Waals surface area contributed by atoms with Gasteiger partial charge in [-0.3, -0.25) is 4.79 Å². The Kier molecular flexibility index (Phi) is 4.52. The minimum atomic E-state index is -0.229. The minimum Gasteiger partial charge on any atom is -0.497 e. The number of thiazole rings is 1. The predicted molar refractivity (Wildman–Crippen MR) is 96.1 cm³/mol. The lowest BCUT2D eigenvalue weighted by molar-refractivity contribution is 0.102. The zero-order valence-corrected chi connectivity index (χ0v) is 14.1. The Labute approximate surface area is 143 Å². The number of nitrogen functional groups attached to an aromatic ring is 1. The molecule has 1 amide bonds. The summed E-state index contributed by atoms with van der Waals surface area (Å²) in [5, 5.41) is 3.33. The van der Waals surface area contributed by atoms with E-state index in [-0.39, 0.29) is 5.91 Å². The quantitative estimate of drug-likeness (QED) is 0.740. The van der Waals surface area contributed by atoms with Gasteiger partial charge in [-0.25, -0.2) is 4.98 Å². The van der Waals surface area contributed by atoms with Crippen molar-refractivity contribution in [2.75, 3.05) is 24.8 Å². The van der Waals surface area contributed by atoms with E-state index < -0.39 is 0 Å².